The second kappa shape index (κ2) is 10.5. The molecule has 0 aliphatic heterocycles. The van der Waals surface area contributed by atoms with E-state index in [0.29, 0.717) is 29.4 Å². The molecular formula is C25H21NO4. The molecule has 3 aromatic carbocycles. The summed E-state index contributed by atoms with van der Waals surface area (Å²) in [6.07, 6.45) is 3.24. The number of rotatable bonds is 9. The van der Waals surface area contributed by atoms with Crippen LogP contribution in [0.15, 0.2) is 78.9 Å². The monoisotopic (exact) mass is 399 g/mol. The zero-order chi connectivity index (χ0) is 21.2. The summed E-state index contributed by atoms with van der Waals surface area (Å²) in [6.45, 7) is 0.392. The Bertz CT molecular complexity index is 1050. The number of methoxy groups -OCH3 is 1. The van der Waals surface area contributed by atoms with Crippen molar-refractivity contribution < 1.29 is 19.0 Å². The van der Waals surface area contributed by atoms with Crippen molar-refractivity contribution >= 4 is 11.9 Å². The van der Waals surface area contributed by atoms with Gasteiger partial charge in [0.1, 0.15) is 18.4 Å². The van der Waals surface area contributed by atoms with Crippen LogP contribution < -0.4 is 14.2 Å². The van der Waals surface area contributed by atoms with Crippen LogP contribution in [0, 0.1) is 11.3 Å². The van der Waals surface area contributed by atoms with E-state index in [4.69, 9.17) is 19.5 Å². The van der Waals surface area contributed by atoms with E-state index in [1.807, 2.05) is 54.6 Å². The van der Waals surface area contributed by atoms with Crippen molar-refractivity contribution in [2.24, 2.45) is 0 Å². The van der Waals surface area contributed by atoms with E-state index in [9.17, 15) is 4.79 Å². The molecule has 0 spiro atoms. The number of nitrogens with zero attached hydrogens (tertiary/aromatic N) is 1. The van der Waals surface area contributed by atoms with Crippen molar-refractivity contribution in [1.29, 1.82) is 5.26 Å². The lowest BCUT2D eigenvalue weighted by atomic mass is 10.1. The average Bonchev–Trinajstić information content (AvgIpc) is 2.81. The minimum absolute atomic E-state index is 0.0284. The first-order valence-corrected chi connectivity index (χ1v) is 9.36. The molecule has 5 heteroatoms. The predicted octanol–water partition coefficient (Wildman–Crippen LogP) is 5.07. The second-order valence-electron chi connectivity index (χ2n) is 6.35. The zero-order valence-electron chi connectivity index (χ0n) is 16.6. The van der Waals surface area contributed by atoms with Crippen LogP contribution in [0.4, 0.5) is 0 Å². The van der Waals surface area contributed by atoms with Crippen molar-refractivity contribution in [2.45, 2.75) is 6.61 Å². The number of nitriles is 1. The first kappa shape index (κ1) is 20.7. The summed E-state index contributed by atoms with van der Waals surface area (Å²) in [4.78, 5) is 12.4. The largest absolute Gasteiger partial charge is 0.493 e. The molecule has 0 saturated carbocycles. The molecule has 3 rings (SSSR count). The quantitative estimate of drug-likeness (QED) is 0.371. The Balaban J connectivity index is 1.68. The van der Waals surface area contributed by atoms with Gasteiger partial charge in [0.05, 0.1) is 7.11 Å². The van der Waals surface area contributed by atoms with Gasteiger partial charge < -0.3 is 14.2 Å². The van der Waals surface area contributed by atoms with Crippen LogP contribution in [-0.2, 0) is 6.61 Å². The van der Waals surface area contributed by atoms with Crippen LogP contribution in [0.25, 0.3) is 6.08 Å². The Labute approximate surface area is 175 Å². The number of hydrogen-bond acceptors (Lipinski definition) is 5. The van der Waals surface area contributed by atoms with E-state index in [1.165, 1.54) is 6.08 Å². The van der Waals surface area contributed by atoms with Crippen molar-refractivity contribution in [1.82, 2.24) is 0 Å². The van der Waals surface area contributed by atoms with Crippen LogP contribution in [0.5, 0.6) is 17.2 Å². The third-order valence-corrected chi connectivity index (χ3v) is 4.29. The maximum Gasteiger partial charge on any atom is 0.185 e. The molecular weight excluding hydrogens is 378 g/mol. The lowest BCUT2D eigenvalue weighted by molar-refractivity contribution is 0.104. The smallest absolute Gasteiger partial charge is 0.185 e. The summed E-state index contributed by atoms with van der Waals surface area (Å²) in [7, 11) is 1.59. The highest BCUT2D eigenvalue weighted by molar-refractivity contribution is 6.06. The summed E-state index contributed by atoms with van der Waals surface area (Å²) in [5.41, 5.74) is 2.41. The average molecular weight is 399 g/mol. The lowest BCUT2D eigenvalue weighted by Crippen LogP contribution is -1.98. The van der Waals surface area contributed by atoms with Gasteiger partial charge in [0, 0.05) is 5.56 Å². The predicted molar refractivity (Wildman–Crippen MR) is 115 cm³/mol. The standard InChI is InChI=1S/C25H21NO4/c1-28-24-14-8-19(17-25(24)30-18-20-5-3-2-4-6-20)7-13-23(27)21-9-11-22(12-10-21)29-16-15-26/h2-14,17H,16,18H2,1H3/b13-7+. The van der Waals surface area contributed by atoms with Gasteiger partial charge in [0.25, 0.3) is 0 Å². The van der Waals surface area contributed by atoms with Gasteiger partial charge in [-0.3, -0.25) is 4.79 Å². The highest BCUT2D eigenvalue weighted by Gasteiger charge is 2.07. The molecule has 0 aliphatic rings. The minimum atomic E-state index is -0.135. The van der Waals surface area contributed by atoms with E-state index >= 15 is 0 Å². The Kier molecular flexibility index (Phi) is 7.23. The fourth-order valence-electron chi connectivity index (χ4n) is 2.74. The van der Waals surface area contributed by atoms with Crippen molar-refractivity contribution in [3.63, 3.8) is 0 Å². The molecule has 5 nitrogen and oxygen atoms in total. The van der Waals surface area contributed by atoms with Crippen LogP contribution in [-0.4, -0.2) is 19.5 Å². The van der Waals surface area contributed by atoms with Gasteiger partial charge in [-0.25, -0.2) is 0 Å². The molecule has 0 atom stereocenters. The number of carbonyl (C=O) groups is 1. The molecule has 0 bridgehead atoms. The number of carbonyl (C=O) groups excluding carboxylic acids is 1. The normalized spacial score (nSPS) is 10.4. The third kappa shape index (κ3) is 5.73. The van der Waals surface area contributed by atoms with Crippen molar-refractivity contribution in [2.75, 3.05) is 13.7 Å². The number of benzene rings is 3. The lowest BCUT2D eigenvalue weighted by Gasteiger charge is -2.11. The zero-order valence-corrected chi connectivity index (χ0v) is 16.6. The van der Waals surface area contributed by atoms with Crippen LogP contribution >= 0.6 is 0 Å². The van der Waals surface area contributed by atoms with Crippen LogP contribution in [0.3, 0.4) is 0 Å². The van der Waals surface area contributed by atoms with Gasteiger partial charge >= 0.3 is 0 Å². The highest BCUT2D eigenvalue weighted by Crippen LogP contribution is 2.29. The number of hydrogen-bond donors (Lipinski definition) is 0. The molecule has 0 fully saturated rings. The fourth-order valence-corrected chi connectivity index (χ4v) is 2.74. The molecule has 30 heavy (non-hydrogen) atoms. The number of ketones is 1. The van der Waals surface area contributed by atoms with Crippen LogP contribution in [0.2, 0.25) is 0 Å². The van der Waals surface area contributed by atoms with E-state index in [2.05, 4.69) is 0 Å². The highest BCUT2D eigenvalue weighted by atomic mass is 16.5. The molecule has 150 valence electrons. The molecule has 0 amide bonds. The number of ether oxygens (including phenoxy) is 3. The fraction of sp³-hybridized carbons (Fsp3) is 0.120. The molecule has 0 unspecified atom stereocenters. The Morgan fingerprint density at radius 2 is 1.73 bits per heavy atom. The van der Waals surface area contributed by atoms with E-state index < -0.39 is 0 Å². The first-order valence-electron chi connectivity index (χ1n) is 9.36. The minimum Gasteiger partial charge on any atom is -0.493 e. The second-order valence-corrected chi connectivity index (χ2v) is 6.35. The van der Waals surface area contributed by atoms with Gasteiger partial charge in [-0.2, -0.15) is 5.26 Å². The molecule has 0 aromatic heterocycles. The Hall–Kier alpha value is -4.04. The summed E-state index contributed by atoms with van der Waals surface area (Å²) >= 11 is 0. The van der Waals surface area contributed by atoms with Gasteiger partial charge in [-0.15, -0.1) is 0 Å². The summed E-state index contributed by atoms with van der Waals surface area (Å²) in [5.74, 6) is 1.65. The maximum absolute atomic E-state index is 12.4. The summed E-state index contributed by atoms with van der Waals surface area (Å²) in [5, 5.41) is 8.54. The van der Waals surface area contributed by atoms with E-state index in [-0.39, 0.29) is 12.4 Å². The molecule has 0 aliphatic carbocycles. The van der Waals surface area contributed by atoms with Crippen LogP contribution in [0.1, 0.15) is 21.5 Å². The summed E-state index contributed by atoms with van der Waals surface area (Å²) in [6, 6.07) is 23.9. The molecule has 3 aromatic rings. The first-order chi connectivity index (χ1) is 14.7. The third-order valence-electron chi connectivity index (χ3n) is 4.29. The maximum atomic E-state index is 12.4. The van der Waals surface area contributed by atoms with E-state index in [0.717, 1.165) is 11.1 Å². The SMILES string of the molecule is COc1ccc(/C=C/C(=O)c2ccc(OCC#N)cc2)cc1OCc1ccccc1. The van der Waals surface area contributed by atoms with Gasteiger partial charge in [-0.1, -0.05) is 42.5 Å². The van der Waals surface area contributed by atoms with Gasteiger partial charge in [-0.05, 0) is 53.6 Å². The molecule has 0 heterocycles. The topological polar surface area (TPSA) is 68.5 Å². The van der Waals surface area contributed by atoms with Gasteiger partial charge in [0.2, 0.25) is 0 Å². The molecule has 0 radical (unpaired) electrons. The Morgan fingerprint density at radius 1 is 0.967 bits per heavy atom. The Morgan fingerprint density at radius 3 is 2.43 bits per heavy atom. The van der Waals surface area contributed by atoms with Crippen molar-refractivity contribution in [3.05, 3.63) is 95.6 Å². The van der Waals surface area contributed by atoms with Gasteiger partial charge in [0.15, 0.2) is 23.9 Å². The van der Waals surface area contributed by atoms with E-state index in [1.54, 1.807) is 37.5 Å². The summed E-state index contributed by atoms with van der Waals surface area (Å²) < 4.78 is 16.5. The van der Waals surface area contributed by atoms with Crippen molar-refractivity contribution in [3.8, 4) is 23.3 Å². The number of allylic oxidation sites excluding steroid dienone is 1. The molecule has 0 saturated heterocycles. The molecule has 0 N–H and O–H groups in total.